The molecule has 3 N–H and O–H groups in total. The molecule has 5 fully saturated rings. The zero-order chi connectivity index (χ0) is 43.5. The average Bonchev–Trinajstić information content (AvgIpc) is 4.20. The molecule has 4 saturated carbocycles. The lowest BCUT2D eigenvalue weighted by atomic mass is 9.88. The summed E-state index contributed by atoms with van der Waals surface area (Å²) >= 11 is 0. The summed E-state index contributed by atoms with van der Waals surface area (Å²) in [5.74, 6) is -1.07. The van der Waals surface area contributed by atoms with Crippen molar-refractivity contribution in [2.24, 2.45) is 29.6 Å². The highest BCUT2D eigenvalue weighted by Gasteiger charge is 2.62. The number of pyridine rings is 1. The second kappa shape index (κ2) is 16.5. The van der Waals surface area contributed by atoms with E-state index in [1.807, 2.05) is 31.2 Å². The summed E-state index contributed by atoms with van der Waals surface area (Å²) in [7, 11) is -2.38. The van der Waals surface area contributed by atoms with Crippen LogP contribution in [0.1, 0.15) is 78.1 Å². The Labute approximate surface area is 360 Å². The Bertz CT molecular complexity index is 2400. The van der Waals surface area contributed by atoms with E-state index in [1.165, 1.54) is 17.0 Å². The first-order chi connectivity index (χ1) is 29.7. The number of nitrogens with one attached hydrogen (secondary N) is 3. The van der Waals surface area contributed by atoms with Crippen LogP contribution in [0.2, 0.25) is 0 Å². The van der Waals surface area contributed by atoms with Gasteiger partial charge in [0.05, 0.1) is 24.6 Å². The van der Waals surface area contributed by atoms with Crippen molar-refractivity contribution in [3.8, 4) is 22.9 Å². The Kier molecular flexibility index (Phi) is 11.2. The molecule has 62 heavy (non-hydrogen) atoms. The first-order valence-electron chi connectivity index (χ1n) is 21.9. The molecular formula is C46H54FN5O9S. The van der Waals surface area contributed by atoms with Crippen LogP contribution in [-0.2, 0) is 29.1 Å². The van der Waals surface area contributed by atoms with Gasteiger partial charge in [-0.1, -0.05) is 26.0 Å². The van der Waals surface area contributed by atoms with Crippen molar-refractivity contribution in [2.45, 2.75) is 113 Å². The van der Waals surface area contributed by atoms with Crippen LogP contribution < -0.4 is 24.8 Å². The quantitative estimate of drug-likeness (QED) is 0.223. The number of allylic oxidation sites excluding steroid dienone is 1. The summed E-state index contributed by atoms with van der Waals surface area (Å²) in [6, 6.07) is 10.9. The summed E-state index contributed by atoms with van der Waals surface area (Å²) < 4.78 is 60.3. The van der Waals surface area contributed by atoms with E-state index in [0.717, 1.165) is 31.1 Å². The van der Waals surface area contributed by atoms with Gasteiger partial charge in [-0.2, -0.15) is 0 Å². The van der Waals surface area contributed by atoms with Gasteiger partial charge in [0.1, 0.15) is 41.4 Å². The minimum atomic E-state index is -3.94. The molecule has 9 rings (SSSR count). The number of hydrogen-bond acceptors (Lipinski definition) is 10. The minimum Gasteiger partial charge on any atom is -0.497 e. The highest BCUT2D eigenvalue weighted by molar-refractivity contribution is 7.91. The van der Waals surface area contributed by atoms with Gasteiger partial charge >= 0.3 is 6.09 Å². The molecule has 2 aliphatic heterocycles. The van der Waals surface area contributed by atoms with Gasteiger partial charge in [0.25, 0.3) is 5.91 Å². The maximum Gasteiger partial charge on any atom is 0.408 e. The first-order valence-corrected chi connectivity index (χ1v) is 23.5. The van der Waals surface area contributed by atoms with E-state index in [4.69, 9.17) is 19.2 Å². The van der Waals surface area contributed by atoms with E-state index < -0.39 is 74.5 Å². The molecule has 0 radical (unpaired) electrons. The molecule has 16 heteroatoms. The topological polar surface area (TPSA) is 182 Å². The van der Waals surface area contributed by atoms with Crippen LogP contribution in [0, 0.1) is 35.4 Å². The SMILES string of the molecule is COc1ccc2c(OC3CC4C(=O)NC5(C(=O)NS(=O)(=O)C6CC6)CC5C=CCCC(C)CC(C)C(NC(=O)OC5CC6CC6C5)C(=O)N4C3)nc(-c3ccc(F)cc3)cc2c1. The number of halogens is 1. The number of fused-ring (bicyclic) bond motifs is 4. The number of nitrogens with zero attached hydrogens (tertiary/aromatic N) is 2. The number of ether oxygens (including phenoxy) is 3. The number of rotatable bonds is 9. The summed E-state index contributed by atoms with van der Waals surface area (Å²) in [6.45, 7) is 3.93. The molecule has 2 aromatic carbocycles. The molecule has 0 bridgehead atoms. The molecule has 9 atom stereocenters. The van der Waals surface area contributed by atoms with Gasteiger partial charge in [-0.15, -0.1) is 0 Å². The number of benzene rings is 2. The molecule has 9 unspecified atom stereocenters. The summed E-state index contributed by atoms with van der Waals surface area (Å²) in [5, 5.41) is 6.53. The Hall–Kier alpha value is -5.25. The average molecular weight is 872 g/mol. The van der Waals surface area contributed by atoms with Gasteiger partial charge in [0.15, 0.2) is 0 Å². The highest BCUT2D eigenvalue weighted by atomic mass is 32.2. The fourth-order valence-corrected chi connectivity index (χ4v) is 11.3. The Morgan fingerprint density at radius 1 is 0.952 bits per heavy atom. The van der Waals surface area contributed by atoms with E-state index in [0.29, 0.717) is 59.9 Å². The first kappa shape index (κ1) is 42.1. The predicted octanol–water partition coefficient (Wildman–Crippen LogP) is 5.79. The van der Waals surface area contributed by atoms with Crippen LogP contribution in [0.25, 0.3) is 22.0 Å². The van der Waals surface area contributed by atoms with E-state index >= 15 is 4.79 Å². The van der Waals surface area contributed by atoms with Crippen molar-refractivity contribution >= 4 is 44.6 Å². The Morgan fingerprint density at radius 2 is 1.71 bits per heavy atom. The van der Waals surface area contributed by atoms with Gasteiger partial charge in [-0.3, -0.25) is 19.1 Å². The largest absolute Gasteiger partial charge is 0.497 e. The molecule has 14 nitrogen and oxygen atoms in total. The number of alkyl carbamates (subject to hydrolysis) is 1. The lowest BCUT2D eigenvalue weighted by Crippen LogP contribution is -2.59. The standard InChI is InChI=1S/C46H54FN5O9S/c1-25-6-4-5-7-31-23-46(31,44(55)51-62(57,58)36-13-14-36)50-41(53)39-22-35(24-52(39)43(54)40(26(2)16-25)49-45(56)61-34-18-28-17-29(28)19-34)60-42-37-15-12-33(59-3)20-30(37)21-38(48-42)27-8-10-32(47)11-9-27/h5,7-12,15,20-21,25-26,28-29,31,34-36,39-40H,4,6,13-14,16-19,22-24H2,1-3H3,(H,49,56)(H,50,53)(H,51,55). The summed E-state index contributed by atoms with van der Waals surface area (Å²) in [5.41, 5.74) is -0.422. The lowest BCUT2D eigenvalue weighted by Gasteiger charge is -2.33. The Balaban J connectivity index is 1.05. The van der Waals surface area contributed by atoms with Gasteiger partial charge in [-0.25, -0.2) is 22.6 Å². The summed E-state index contributed by atoms with van der Waals surface area (Å²) in [6.07, 6.45) is 8.01. The molecular weight excluding hydrogens is 818 g/mol. The second-order valence-electron chi connectivity index (χ2n) is 18.5. The van der Waals surface area contributed by atoms with Crippen molar-refractivity contribution < 1.29 is 46.2 Å². The molecule has 0 spiro atoms. The summed E-state index contributed by atoms with van der Waals surface area (Å²) in [4.78, 5) is 63.6. The third-order valence-electron chi connectivity index (χ3n) is 13.8. The zero-order valence-electron chi connectivity index (χ0n) is 35.2. The van der Waals surface area contributed by atoms with E-state index in [2.05, 4.69) is 22.3 Å². The number of carbonyl (C=O) groups excluding carboxylic acids is 4. The van der Waals surface area contributed by atoms with Crippen molar-refractivity contribution in [2.75, 3.05) is 13.7 Å². The molecule has 4 aliphatic carbocycles. The smallest absolute Gasteiger partial charge is 0.408 e. The second-order valence-corrected chi connectivity index (χ2v) is 20.5. The fourth-order valence-electron chi connectivity index (χ4n) is 9.91. The Morgan fingerprint density at radius 3 is 2.44 bits per heavy atom. The minimum absolute atomic E-state index is 0.0109. The van der Waals surface area contributed by atoms with Gasteiger partial charge < -0.3 is 29.7 Å². The number of hydrogen-bond donors (Lipinski definition) is 3. The van der Waals surface area contributed by atoms with Gasteiger partial charge in [0.2, 0.25) is 27.7 Å². The van der Waals surface area contributed by atoms with E-state index in [9.17, 15) is 27.2 Å². The van der Waals surface area contributed by atoms with E-state index in [-0.39, 0.29) is 43.2 Å². The van der Waals surface area contributed by atoms with Crippen LogP contribution in [0.15, 0.2) is 60.7 Å². The third-order valence-corrected chi connectivity index (χ3v) is 15.6. The molecule has 6 aliphatic rings. The predicted molar refractivity (Wildman–Crippen MR) is 227 cm³/mol. The molecule has 1 saturated heterocycles. The molecule has 330 valence electrons. The van der Waals surface area contributed by atoms with Crippen LogP contribution in [0.3, 0.4) is 0 Å². The van der Waals surface area contributed by atoms with Crippen molar-refractivity contribution in [3.63, 3.8) is 0 Å². The molecule has 3 aromatic rings. The number of carbonyl (C=O) groups is 4. The number of aromatic nitrogens is 1. The van der Waals surface area contributed by atoms with Gasteiger partial charge in [0, 0.05) is 23.3 Å². The normalized spacial score (nSPS) is 32.0. The van der Waals surface area contributed by atoms with Crippen molar-refractivity contribution in [1.29, 1.82) is 0 Å². The van der Waals surface area contributed by atoms with Crippen LogP contribution in [0.4, 0.5) is 9.18 Å². The lowest BCUT2D eigenvalue weighted by molar-refractivity contribution is -0.142. The van der Waals surface area contributed by atoms with Crippen molar-refractivity contribution in [3.05, 3.63) is 66.5 Å². The highest BCUT2D eigenvalue weighted by Crippen LogP contribution is 2.52. The molecule has 3 heterocycles. The maximum absolute atomic E-state index is 15.1. The van der Waals surface area contributed by atoms with Crippen LogP contribution in [0.5, 0.6) is 11.6 Å². The van der Waals surface area contributed by atoms with Crippen LogP contribution >= 0.6 is 0 Å². The number of methoxy groups -OCH3 is 1. The van der Waals surface area contributed by atoms with Crippen molar-refractivity contribution in [1.82, 2.24) is 25.2 Å². The maximum atomic E-state index is 15.1. The molecule has 1 aromatic heterocycles. The van der Waals surface area contributed by atoms with Gasteiger partial charge in [-0.05, 0) is 135 Å². The van der Waals surface area contributed by atoms with Crippen LogP contribution in [-0.4, -0.2) is 90.9 Å². The fraction of sp³-hybridized carbons (Fsp3) is 0.543. The molecule has 4 amide bonds. The van der Waals surface area contributed by atoms with E-state index in [1.54, 1.807) is 31.4 Å². The number of amides is 4. The third kappa shape index (κ3) is 8.71. The number of sulfonamides is 1. The zero-order valence-corrected chi connectivity index (χ0v) is 36.0. The monoisotopic (exact) mass is 871 g/mol.